The maximum absolute atomic E-state index is 12.0. The predicted octanol–water partition coefficient (Wildman–Crippen LogP) is 2.41. The first-order valence-corrected chi connectivity index (χ1v) is 7.11. The Morgan fingerprint density at radius 3 is 2.35 bits per heavy atom. The van der Waals surface area contributed by atoms with Gasteiger partial charge < -0.3 is 14.4 Å². The zero-order valence-corrected chi connectivity index (χ0v) is 13.2. The number of benzene rings is 1. The molecule has 6 heteroatoms. The molecule has 0 aliphatic carbocycles. The van der Waals surface area contributed by atoms with E-state index in [0.717, 1.165) is 0 Å². The number of nitrogens with zero attached hydrogens (tertiary/aromatic N) is 1. The molecule has 1 aromatic carbocycles. The van der Waals surface area contributed by atoms with E-state index in [1.807, 2.05) is 0 Å². The number of carbonyl (C=O) groups is 2. The number of carbonyl (C=O) groups excluding carboxylic acids is 2. The van der Waals surface area contributed by atoms with E-state index < -0.39 is 0 Å². The van der Waals surface area contributed by atoms with Crippen LogP contribution in [0.3, 0.4) is 0 Å². The van der Waals surface area contributed by atoms with Crippen molar-refractivity contribution in [1.82, 2.24) is 0 Å². The van der Waals surface area contributed by atoms with E-state index in [0.29, 0.717) is 35.7 Å². The second kappa shape index (κ2) is 5.83. The van der Waals surface area contributed by atoms with Gasteiger partial charge in [0, 0.05) is 29.4 Å². The third kappa shape index (κ3) is 2.65. The number of hydrogen-bond donors (Lipinski definition) is 0. The molecule has 0 radical (unpaired) electrons. The van der Waals surface area contributed by atoms with E-state index in [9.17, 15) is 9.59 Å². The number of hydrogen-bond acceptors (Lipinski definition) is 4. The number of rotatable bonds is 4. The minimum atomic E-state index is -0.119. The molecule has 20 heavy (non-hydrogen) atoms. The number of anilines is 1. The van der Waals surface area contributed by atoms with Crippen molar-refractivity contribution < 1.29 is 19.1 Å². The molecule has 1 saturated heterocycles. The van der Waals surface area contributed by atoms with Gasteiger partial charge in [-0.25, -0.2) is 0 Å². The molecule has 0 aromatic heterocycles. The van der Waals surface area contributed by atoms with Gasteiger partial charge in [0.2, 0.25) is 5.91 Å². The van der Waals surface area contributed by atoms with Crippen LogP contribution in [0.25, 0.3) is 0 Å². The normalized spacial score (nSPS) is 18.3. The average Bonchev–Trinajstić information content (AvgIpc) is 2.75. The van der Waals surface area contributed by atoms with E-state index in [1.165, 1.54) is 21.1 Å². The first-order valence-electron chi connectivity index (χ1n) is 6.19. The second-order valence-electron chi connectivity index (χ2n) is 4.59. The Kier molecular flexibility index (Phi) is 4.32. The summed E-state index contributed by atoms with van der Waals surface area (Å²) < 4.78 is 10.5. The highest BCUT2D eigenvalue weighted by Gasteiger charge is 2.31. The van der Waals surface area contributed by atoms with Gasteiger partial charge in [-0.05, 0) is 13.0 Å². The fraction of sp³-hybridized carbons (Fsp3) is 0.429. The number of ketones is 1. The zero-order chi connectivity index (χ0) is 14.9. The van der Waals surface area contributed by atoms with Crippen molar-refractivity contribution in [2.75, 3.05) is 25.7 Å². The molecule has 1 heterocycles. The molecular weight excluding hydrogens is 326 g/mol. The number of amides is 1. The smallest absolute Gasteiger partial charge is 0.228 e. The Morgan fingerprint density at radius 1 is 1.30 bits per heavy atom. The molecule has 0 spiro atoms. The third-order valence-corrected chi connectivity index (χ3v) is 3.86. The standard InChI is InChI=1S/C14H16BrNO4/c1-8(17)10-5-12(19-2)13(20-3)6-11(10)16-7-9(15)4-14(16)18/h5-6,9H,4,7H2,1-3H3. The van der Waals surface area contributed by atoms with E-state index in [-0.39, 0.29) is 16.5 Å². The molecular formula is C14H16BrNO4. The highest BCUT2D eigenvalue weighted by atomic mass is 79.9. The molecule has 1 atom stereocenters. The van der Waals surface area contributed by atoms with E-state index >= 15 is 0 Å². The highest BCUT2D eigenvalue weighted by molar-refractivity contribution is 9.09. The molecule has 1 fully saturated rings. The second-order valence-corrected chi connectivity index (χ2v) is 5.88. The minimum Gasteiger partial charge on any atom is -0.493 e. The van der Waals surface area contributed by atoms with Crippen LogP contribution >= 0.6 is 15.9 Å². The molecule has 1 unspecified atom stereocenters. The van der Waals surface area contributed by atoms with E-state index in [4.69, 9.17) is 9.47 Å². The van der Waals surface area contributed by atoms with Crippen molar-refractivity contribution in [1.29, 1.82) is 0 Å². The van der Waals surface area contributed by atoms with Gasteiger partial charge in [0.05, 0.1) is 19.9 Å². The molecule has 0 N–H and O–H groups in total. The van der Waals surface area contributed by atoms with Gasteiger partial charge in [-0.3, -0.25) is 9.59 Å². The van der Waals surface area contributed by atoms with Gasteiger partial charge >= 0.3 is 0 Å². The molecule has 108 valence electrons. The zero-order valence-electron chi connectivity index (χ0n) is 11.6. The monoisotopic (exact) mass is 341 g/mol. The van der Waals surface area contributed by atoms with Crippen LogP contribution in [0.1, 0.15) is 23.7 Å². The number of alkyl halides is 1. The summed E-state index contributed by atoms with van der Waals surface area (Å²) in [7, 11) is 3.03. The molecule has 1 aliphatic heterocycles. The fourth-order valence-electron chi connectivity index (χ4n) is 2.27. The van der Waals surface area contributed by atoms with Gasteiger partial charge in [-0.2, -0.15) is 0 Å². The Balaban J connectivity index is 2.55. The average molecular weight is 342 g/mol. The van der Waals surface area contributed by atoms with Crippen molar-refractivity contribution in [2.24, 2.45) is 0 Å². The molecule has 0 saturated carbocycles. The first kappa shape index (κ1) is 14.8. The summed E-state index contributed by atoms with van der Waals surface area (Å²) in [6.45, 7) is 2.01. The number of ether oxygens (including phenoxy) is 2. The Labute approximate surface area is 126 Å². The van der Waals surface area contributed by atoms with Crippen molar-refractivity contribution in [2.45, 2.75) is 18.2 Å². The van der Waals surface area contributed by atoms with Gasteiger partial charge in [-0.15, -0.1) is 0 Å². The number of Topliss-reactive ketones (excluding diaryl/α,β-unsaturated/α-hetero) is 1. The Morgan fingerprint density at radius 2 is 1.90 bits per heavy atom. The van der Waals surface area contributed by atoms with Crippen LogP contribution in [0.4, 0.5) is 5.69 Å². The summed E-state index contributed by atoms with van der Waals surface area (Å²) in [5, 5.41) is 0. The lowest BCUT2D eigenvalue weighted by molar-refractivity contribution is -0.117. The van der Waals surface area contributed by atoms with E-state index in [1.54, 1.807) is 17.0 Å². The SMILES string of the molecule is COc1cc(C(C)=O)c(N2CC(Br)CC2=O)cc1OC. The van der Waals surface area contributed by atoms with Gasteiger partial charge in [0.1, 0.15) is 0 Å². The van der Waals surface area contributed by atoms with Crippen LogP contribution < -0.4 is 14.4 Å². The topological polar surface area (TPSA) is 55.8 Å². The van der Waals surface area contributed by atoms with Crippen LogP contribution in [0.15, 0.2) is 12.1 Å². The summed E-state index contributed by atoms with van der Waals surface area (Å²) in [4.78, 5) is 25.6. The molecule has 0 bridgehead atoms. The van der Waals surface area contributed by atoms with Gasteiger partial charge in [0.25, 0.3) is 0 Å². The number of halogens is 1. The summed E-state index contributed by atoms with van der Waals surface area (Å²) in [5.41, 5.74) is 1.03. The molecule has 1 aromatic rings. The quantitative estimate of drug-likeness (QED) is 0.623. The highest BCUT2D eigenvalue weighted by Crippen LogP contribution is 2.37. The van der Waals surface area contributed by atoms with Crippen LogP contribution in [-0.4, -0.2) is 37.3 Å². The lowest BCUT2D eigenvalue weighted by atomic mass is 10.1. The minimum absolute atomic E-state index is 0.0124. The first-order chi connectivity index (χ1) is 9.47. The Bertz CT molecular complexity index is 558. The fourth-order valence-corrected chi connectivity index (χ4v) is 2.84. The predicted molar refractivity (Wildman–Crippen MR) is 79.2 cm³/mol. The molecule has 1 aliphatic rings. The van der Waals surface area contributed by atoms with Crippen LogP contribution in [-0.2, 0) is 4.79 Å². The van der Waals surface area contributed by atoms with Gasteiger partial charge in [-0.1, -0.05) is 15.9 Å². The summed E-state index contributed by atoms with van der Waals surface area (Å²) in [6.07, 6.45) is 0.422. The van der Waals surface area contributed by atoms with Crippen molar-refractivity contribution >= 4 is 33.3 Å². The summed E-state index contributed by atoms with van der Waals surface area (Å²) in [5.74, 6) is 0.843. The lowest BCUT2D eigenvalue weighted by Gasteiger charge is -2.21. The van der Waals surface area contributed by atoms with Crippen LogP contribution in [0.5, 0.6) is 11.5 Å². The lowest BCUT2D eigenvalue weighted by Crippen LogP contribution is -2.26. The maximum Gasteiger partial charge on any atom is 0.228 e. The number of methoxy groups -OCH3 is 2. The van der Waals surface area contributed by atoms with Crippen molar-refractivity contribution in [3.63, 3.8) is 0 Å². The van der Waals surface area contributed by atoms with Gasteiger partial charge in [0.15, 0.2) is 17.3 Å². The maximum atomic E-state index is 12.0. The Hall–Kier alpha value is -1.56. The van der Waals surface area contributed by atoms with E-state index in [2.05, 4.69) is 15.9 Å². The van der Waals surface area contributed by atoms with Crippen molar-refractivity contribution in [3.05, 3.63) is 17.7 Å². The third-order valence-electron chi connectivity index (χ3n) is 3.25. The van der Waals surface area contributed by atoms with Crippen LogP contribution in [0.2, 0.25) is 0 Å². The summed E-state index contributed by atoms with van der Waals surface area (Å²) in [6, 6.07) is 3.30. The van der Waals surface area contributed by atoms with Crippen LogP contribution in [0, 0.1) is 0 Å². The molecule has 5 nitrogen and oxygen atoms in total. The molecule has 1 amide bonds. The summed E-state index contributed by atoms with van der Waals surface area (Å²) >= 11 is 3.44. The van der Waals surface area contributed by atoms with Crippen molar-refractivity contribution in [3.8, 4) is 11.5 Å². The largest absolute Gasteiger partial charge is 0.493 e. The molecule has 2 rings (SSSR count).